The smallest absolute Gasteiger partial charge is 0.308 e. The van der Waals surface area contributed by atoms with E-state index >= 15 is 0 Å². The number of amides is 1. The Balaban J connectivity index is 2.39. The zero-order valence-electron chi connectivity index (χ0n) is 11.3. The Labute approximate surface area is 117 Å². The van der Waals surface area contributed by atoms with Crippen LogP contribution in [0, 0.1) is 12.8 Å². The van der Waals surface area contributed by atoms with Crippen molar-refractivity contribution in [2.75, 3.05) is 5.75 Å². The van der Waals surface area contributed by atoms with Gasteiger partial charge in [-0.25, -0.2) is 0 Å². The van der Waals surface area contributed by atoms with Crippen LogP contribution in [0.4, 0.5) is 0 Å². The predicted molar refractivity (Wildman–Crippen MR) is 76.3 cm³/mol. The van der Waals surface area contributed by atoms with Crippen molar-refractivity contribution in [3.63, 3.8) is 0 Å². The molecule has 5 heteroatoms. The topological polar surface area (TPSA) is 66.4 Å². The summed E-state index contributed by atoms with van der Waals surface area (Å²) < 4.78 is 0. The van der Waals surface area contributed by atoms with E-state index in [1.807, 2.05) is 31.2 Å². The first kappa shape index (κ1) is 15.6. The highest BCUT2D eigenvalue weighted by Gasteiger charge is 2.20. The van der Waals surface area contributed by atoms with Gasteiger partial charge in [-0.3, -0.25) is 9.59 Å². The summed E-state index contributed by atoms with van der Waals surface area (Å²) in [4.78, 5) is 23.5. The number of thioether (sulfide) groups is 1. The highest BCUT2D eigenvalue weighted by atomic mass is 32.2. The molecule has 0 saturated heterocycles. The number of nitrogens with one attached hydrogen (secondary N) is 1. The molecule has 0 heterocycles. The van der Waals surface area contributed by atoms with Crippen LogP contribution < -0.4 is 5.32 Å². The zero-order chi connectivity index (χ0) is 14.4. The molecular weight excluding hydrogens is 262 g/mol. The molecule has 4 nitrogen and oxygen atoms in total. The van der Waals surface area contributed by atoms with Crippen LogP contribution in [-0.2, 0) is 9.59 Å². The van der Waals surface area contributed by atoms with Crippen LogP contribution in [0.1, 0.15) is 19.4 Å². The van der Waals surface area contributed by atoms with E-state index in [-0.39, 0.29) is 11.9 Å². The Morgan fingerprint density at radius 2 is 1.84 bits per heavy atom. The van der Waals surface area contributed by atoms with Crippen LogP contribution in [0.2, 0.25) is 0 Å². The third kappa shape index (κ3) is 5.34. The molecule has 19 heavy (non-hydrogen) atoms. The van der Waals surface area contributed by atoms with Crippen LogP contribution in [0.25, 0.3) is 0 Å². The molecule has 0 aliphatic rings. The second kappa shape index (κ2) is 7.19. The molecule has 1 aromatic rings. The molecule has 2 atom stereocenters. The second-order valence-electron chi connectivity index (χ2n) is 4.58. The van der Waals surface area contributed by atoms with E-state index in [2.05, 4.69) is 5.32 Å². The maximum absolute atomic E-state index is 11.7. The Hall–Kier alpha value is -1.49. The van der Waals surface area contributed by atoms with Crippen LogP contribution in [0.3, 0.4) is 0 Å². The number of aryl methyl sites for hydroxylation is 1. The van der Waals surface area contributed by atoms with E-state index in [1.165, 1.54) is 17.3 Å². The zero-order valence-corrected chi connectivity index (χ0v) is 12.2. The minimum atomic E-state index is -0.904. The normalized spacial score (nSPS) is 13.6. The molecule has 0 radical (unpaired) electrons. The maximum Gasteiger partial charge on any atom is 0.308 e. The lowest BCUT2D eigenvalue weighted by Crippen LogP contribution is -2.40. The first-order chi connectivity index (χ1) is 8.90. The maximum atomic E-state index is 11.7. The van der Waals surface area contributed by atoms with Gasteiger partial charge < -0.3 is 10.4 Å². The Bertz CT molecular complexity index is 445. The van der Waals surface area contributed by atoms with E-state index < -0.39 is 11.9 Å². The molecule has 0 spiro atoms. The molecular formula is C14H19NO3S. The molecule has 0 bridgehead atoms. The minimum absolute atomic E-state index is 0.147. The van der Waals surface area contributed by atoms with Gasteiger partial charge in [0.15, 0.2) is 0 Å². The molecule has 104 valence electrons. The number of carbonyl (C=O) groups excluding carboxylic acids is 1. The molecule has 0 aliphatic carbocycles. The third-order valence-electron chi connectivity index (χ3n) is 2.92. The number of aliphatic carboxylic acids is 1. The summed E-state index contributed by atoms with van der Waals surface area (Å²) in [5, 5.41) is 11.5. The van der Waals surface area contributed by atoms with E-state index in [1.54, 1.807) is 13.8 Å². The van der Waals surface area contributed by atoms with Crippen molar-refractivity contribution in [2.45, 2.75) is 31.7 Å². The summed E-state index contributed by atoms with van der Waals surface area (Å²) in [6, 6.07) is 7.56. The van der Waals surface area contributed by atoms with Gasteiger partial charge in [0.25, 0.3) is 0 Å². The summed E-state index contributed by atoms with van der Waals surface area (Å²) in [6.45, 7) is 5.30. The number of benzene rings is 1. The highest BCUT2D eigenvalue weighted by Crippen LogP contribution is 2.18. The van der Waals surface area contributed by atoms with Crippen molar-refractivity contribution in [2.24, 2.45) is 5.92 Å². The fraction of sp³-hybridized carbons (Fsp3) is 0.429. The van der Waals surface area contributed by atoms with Crippen LogP contribution in [0.5, 0.6) is 0 Å². The average Bonchev–Trinajstić information content (AvgIpc) is 2.37. The summed E-state index contributed by atoms with van der Waals surface area (Å²) in [5.74, 6) is -1.35. The van der Waals surface area contributed by atoms with Gasteiger partial charge in [-0.05, 0) is 32.9 Å². The van der Waals surface area contributed by atoms with Gasteiger partial charge in [-0.15, -0.1) is 11.8 Å². The lowest BCUT2D eigenvalue weighted by Gasteiger charge is -2.17. The predicted octanol–water partition coefficient (Wildman–Crippen LogP) is 2.31. The molecule has 0 fully saturated rings. The van der Waals surface area contributed by atoms with Gasteiger partial charge in [0.05, 0.1) is 11.7 Å². The molecule has 1 amide bonds. The van der Waals surface area contributed by atoms with Crippen molar-refractivity contribution in [3.8, 4) is 0 Å². The highest BCUT2D eigenvalue weighted by molar-refractivity contribution is 8.00. The molecule has 2 unspecified atom stereocenters. The van der Waals surface area contributed by atoms with Gasteiger partial charge >= 0.3 is 5.97 Å². The van der Waals surface area contributed by atoms with Crippen molar-refractivity contribution >= 4 is 23.6 Å². The largest absolute Gasteiger partial charge is 0.481 e. The number of hydrogen-bond acceptors (Lipinski definition) is 3. The van der Waals surface area contributed by atoms with E-state index in [0.717, 1.165) is 4.90 Å². The SMILES string of the molecule is Cc1ccc(SCC(=O)NC(C)C(C)C(=O)O)cc1. The van der Waals surface area contributed by atoms with Crippen LogP contribution in [0.15, 0.2) is 29.2 Å². The fourth-order valence-corrected chi connectivity index (χ4v) is 2.13. The molecule has 0 aromatic heterocycles. The van der Waals surface area contributed by atoms with Crippen molar-refractivity contribution in [1.82, 2.24) is 5.32 Å². The van der Waals surface area contributed by atoms with Crippen LogP contribution in [-0.4, -0.2) is 28.8 Å². The van der Waals surface area contributed by atoms with Crippen molar-refractivity contribution in [3.05, 3.63) is 29.8 Å². The second-order valence-corrected chi connectivity index (χ2v) is 5.63. The van der Waals surface area contributed by atoms with E-state index in [9.17, 15) is 9.59 Å². The Morgan fingerprint density at radius 1 is 1.26 bits per heavy atom. The van der Waals surface area contributed by atoms with Gasteiger partial charge in [-0.2, -0.15) is 0 Å². The lowest BCUT2D eigenvalue weighted by molar-refractivity contribution is -0.142. The molecule has 1 rings (SSSR count). The molecule has 0 aliphatic heterocycles. The van der Waals surface area contributed by atoms with E-state index in [4.69, 9.17) is 5.11 Å². The standard InChI is InChI=1S/C14H19NO3S/c1-9-4-6-12(7-5-9)19-8-13(16)15-11(3)10(2)14(17)18/h4-7,10-11H,8H2,1-3H3,(H,15,16)(H,17,18). The van der Waals surface area contributed by atoms with Crippen molar-refractivity contribution in [1.29, 1.82) is 0 Å². The molecule has 1 aromatic carbocycles. The summed E-state index contributed by atoms with van der Waals surface area (Å²) in [5.41, 5.74) is 1.18. The lowest BCUT2D eigenvalue weighted by atomic mass is 10.0. The number of carboxylic acid groups (broad SMARTS) is 1. The Kier molecular flexibility index (Phi) is 5.89. The number of hydrogen-bond donors (Lipinski definition) is 2. The van der Waals surface area contributed by atoms with Crippen LogP contribution >= 0.6 is 11.8 Å². The number of carbonyl (C=O) groups is 2. The van der Waals surface area contributed by atoms with Gasteiger partial charge in [0, 0.05) is 10.9 Å². The summed E-state index contributed by atoms with van der Waals surface area (Å²) >= 11 is 1.44. The number of rotatable bonds is 6. The van der Waals surface area contributed by atoms with Gasteiger partial charge in [0.2, 0.25) is 5.91 Å². The first-order valence-electron chi connectivity index (χ1n) is 6.11. The van der Waals surface area contributed by atoms with Gasteiger partial charge in [-0.1, -0.05) is 17.7 Å². The average molecular weight is 281 g/mol. The summed E-state index contributed by atoms with van der Waals surface area (Å²) in [7, 11) is 0. The third-order valence-corrected chi connectivity index (χ3v) is 3.93. The molecule has 2 N–H and O–H groups in total. The van der Waals surface area contributed by atoms with E-state index in [0.29, 0.717) is 5.75 Å². The van der Waals surface area contributed by atoms with Crippen molar-refractivity contribution < 1.29 is 14.7 Å². The minimum Gasteiger partial charge on any atom is -0.481 e. The fourth-order valence-electron chi connectivity index (χ4n) is 1.42. The quantitative estimate of drug-likeness (QED) is 0.785. The van der Waals surface area contributed by atoms with Gasteiger partial charge in [0.1, 0.15) is 0 Å². The summed E-state index contributed by atoms with van der Waals surface area (Å²) in [6.07, 6.45) is 0. The monoisotopic (exact) mass is 281 g/mol. The number of carboxylic acids is 1. The Morgan fingerprint density at radius 3 is 2.37 bits per heavy atom. The first-order valence-corrected chi connectivity index (χ1v) is 7.10. The molecule has 0 saturated carbocycles.